The molecule has 1 amide bonds. The van der Waals surface area contributed by atoms with Crippen molar-refractivity contribution in [1.29, 1.82) is 0 Å². The first-order valence-corrected chi connectivity index (χ1v) is 11.3. The van der Waals surface area contributed by atoms with Crippen molar-refractivity contribution in [1.82, 2.24) is 10.2 Å². The lowest BCUT2D eigenvalue weighted by Gasteiger charge is -2.27. The second-order valence-electron chi connectivity index (χ2n) is 9.12. The van der Waals surface area contributed by atoms with Crippen molar-refractivity contribution in [2.75, 3.05) is 34.3 Å². The van der Waals surface area contributed by atoms with Crippen LogP contribution in [0.1, 0.15) is 51.5 Å². The molecule has 0 radical (unpaired) electrons. The van der Waals surface area contributed by atoms with Gasteiger partial charge in [-0.3, -0.25) is 4.79 Å². The van der Waals surface area contributed by atoms with E-state index in [0.717, 1.165) is 24.9 Å². The smallest absolute Gasteiger partial charge is 0.412 e. The summed E-state index contributed by atoms with van der Waals surface area (Å²) in [6, 6.07) is 7.76. The van der Waals surface area contributed by atoms with E-state index in [9.17, 15) is 9.59 Å². The third kappa shape index (κ3) is 8.74. The molecule has 0 saturated carbocycles. The number of ether oxygens (including phenoxy) is 2. The van der Waals surface area contributed by atoms with Gasteiger partial charge in [-0.1, -0.05) is 32.1 Å². The Morgan fingerprint density at radius 2 is 2.03 bits per heavy atom. The number of amides is 1. The lowest BCUT2D eigenvalue weighted by atomic mass is 9.83. The van der Waals surface area contributed by atoms with Gasteiger partial charge >= 0.3 is 12.1 Å². The van der Waals surface area contributed by atoms with Crippen molar-refractivity contribution >= 4 is 17.6 Å². The molecule has 0 fully saturated rings. The van der Waals surface area contributed by atoms with Gasteiger partial charge in [-0.15, -0.1) is 0 Å². The number of benzene rings is 1. The van der Waals surface area contributed by atoms with Gasteiger partial charge in [0.05, 0.1) is 13.5 Å². The highest BCUT2D eigenvalue weighted by Gasteiger charge is 2.21. The first kappa shape index (κ1) is 24.9. The topological polar surface area (TPSA) is 67.9 Å². The van der Waals surface area contributed by atoms with E-state index in [4.69, 9.17) is 9.47 Å². The minimum absolute atomic E-state index is 0.0190. The summed E-state index contributed by atoms with van der Waals surface area (Å²) < 4.78 is 10.3. The molecule has 0 bridgehead atoms. The zero-order valence-electron chi connectivity index (χ0n) is 19.6. The Balaban J connectivity index is 1.99. The highest BCUT2D eigenvalue weighted by atomic mass is 16.6. The monoisotopic (exact) mass is 430 g/mol. The Kier molecular flexibility index (Phi) is 10.0. The second kappa shape index (κ2) is 12.5. The Morgan fingerprint density at radius 3 is 2.71 bits per heavy atom. The number of nitrogens with zero attached hydrogens (tertiary/aromatic N) is 1. The predicted octanol–water partition coefficient (Wildman–Crippen LogP) is 4.75. The quantitative estimate of drug-likeness (QED) is 0.543. The van der Waals surface area contributed by atoms with Gasteiger partial charge in [0.25, 0.3) is 0 Å². The fourth-order valence-electron chi connectivity index (χ4n) is 4.26. The molecule has 2 unspecified atom stereocenters. The average Bonchev–Trinajstić information content (AvgIpc) is 2.71. The molecule has 2 rings (SSSR count). The number of hydrogen-bond acceptors (Lipinski definition) is 5. The number of rotatable bonds is 10. The lowest BCUT2D eigenvalue weighted by molar-refractivity contribution is -0.141. The third-order valence-electron chi connectivity index (χ3n) is 5.55. The molecule has 2 atom stereocenters. The molecular formula is C25H38N2O4. The minimum atomic E-state index is -0.502. The molecule has 1 aliphatic carbocycles. The van der Waals surface area contributed by atoms with Gasteiger partial charge in [-0.05, 0) is 80.8 Å². The maximum Gasteiger partial charge on any atom is 0.412 e. The zero-order valence-corrected chi connectivity index (χ0v) is 19.6. The summed E-state index contributed by atoms with van der Waals surface area (Å²) in [6.45, 7) is 5.58. The largest absolute Gasteiger partial charge is 0.469 e. The van der Waals surface area contributed by atoms with Gasteiger partial charge < -0.3 is 19.7 Å². The summed E-state index contributed by atoms with van der Waals surface area (Å²) in [6.07, 6.45) is 6.40. The lowest BCUT2D eigenvalue weighted by Crippen LogP contribution is -2.33. The van der Waals surface area contributed by atoms with Crippen molar-refractivity contribution in [2.45, 2.75) is 46.0 Å². The molecule has 0 aliphatic heterocycles. The first-order valence-electron chi connectivity index (χ1n) is 11.3. The minimum Gasteiger partial charge on any atom is -0.469 e. The van der Waals surface area contributed by atoms with Crippen LogP contribution in [0.3, 0.4) is 0 Å². The van der Waals surface area contributed by atoms with Gasteiger partial charge in [-0.25, -0.2) is 4.79 Å². The van der Waals surface area contributed by atoms with Crippen molar-refractivity contribution in [3.8, 4) is 5.75 Å². The van der Waals surface area contributed by atoms with Crippen LogP contribution >= 0.6 is 0 Å². The van der Waals surface area contributed by atoms with Crippen LogP contribution in [0.4, 0.5) is 4.79 Å². The molecule has 1 N–H and O–H groups in total. The fourth-order valence-corrected chi connectivity index (χ4v) is 4.26. The van der Waals surface area contributed by atoms with Crippen molar-refractivity contribution in [2.24, 2.45) is 17.8 Å². The molecule has 6 nitrogen and oxygen atoms in total. The maximum absolute atomic E-state index is 12.4. The van der Waals surface area contributed by atoms with Gasteiger partial charge in [0, 0.05) is 13.1 Å². The van der Waals surface area contributed by atoms with E-state index < -0.39 is 6.09 Å². The van der Waals surface area contributed by atoms with Crippen LogP contribution in [-0.4, -0.2) is 51.3 Å². The molecule has 31 heavy (non-hydrogen) atoms. The average molecular weight is 431 g/mol. The van der Waals surface area contributed by atoms with Gasteiger partial charge in [0.15, 0.2) is 0 Å². The van der Waals surface area contributed by atoms with Crippen LogP contribution in [0.2, 0.25) is 0 Å². The molecule has 1 aliphatic rings. The van der Waals surface area contributed by atoms with Crippen molar-refractivity contribution in [3.05, 3.63) is 35.9 Å². The Hall–Kier alpha value is -2.34. The Labute approximate surface area is 187 Å². The standard InChI is InChI=1S/C25H38N2O4/c1-18(2)13-19(14-24(28)30-5)16-26-25(29)31-22-11-8-10-20(15-22)23-12-7-6-9-21(23)17-27(3)4/h8,10-12,15,18-19,21H,6-7,9,13-14,16-17H2,1-5H3,(H,26,29). The van der Waals surface area contributed by atoms with E-state index in [0.29, 0.717) is 24.1 Å². The molecule has 1 aromatic rings. The van der Waals surface area contributed by atoms with E-state index >= 15 is 0 Å². The van der Waals surface area contributed by atoms with Gasteiger partial charge in [-0.2, -0.15) is 0 Å². The number of nitrogens with one attached hydrogen (secondary N) is 1. The van der Waals surface area contributed by atoms with Crippen LogP contribution in [0, 0.1) is 17.8 Å². The number of allylic oxidation sites excluding steroid dienone is 1. The molecule has 0 saturated heterocycles. The SMILES string of the molecule is COC(=O)CC(CNC(=O)Oc1cccc(C2=CCCCC2CN(C)C)c1)CC(C)C. The number of carbonyl (C=O) groups excluding carboxylic acids is 2. The summed E-state index contributed by atoms with van der Waals surface area (Å²) in [5.41, 5.74) is 2.45. The summed E-state index contributed by atoms with van der Waals surface area (Å²) >= 11 is 0. The van der Waals surface area contributed by atoms with Crippen LogP contribution < -0.4 is 10.1 Å². The molecular weight excluding hydrogens is 392 g/mol. The molecule has 172 valence electrons. The first-order chi connectivity index (χ1) is 14.8. The van der Waals surface area contributed by atoms with Gasteiger partial charge in [0.2, 0.25) is 0 Å². The third-order valence-corrected chi connectivity index (χ3v) is 5.55. The van der Waals surface area contributed by atoms with E-state index in [1.807, 2.05) is 12.1 Å². The summed E-state index contributed by atoms with van der Waals surface area (Å²) in [5, 5.41) is 2.81. The number of hydrogen-bond donors (Lipinski definition) is 1. The van der Waals surface area contributed by atoms with E-state index in [-0.39, 0.29) is 18.3 Å². The molecule has 0 spiro atoms. The van der Waals surface area contributed by atoms with E-state index in [1.165, 1.54) is 25.5 Å². The predicted molar refractivity (Wildman–Crippen MR) is 124 cm³/mol. The molecule has 1 aromatic carbocycles. The van der Waals surface area contributed by atoms with Gasteiger partial charge in [0.1, 0.15) is 5.75 Å². The highest BCUT2D eigenvalue weighted by Crippen LogP contribution is 2.34. The number of carbonyl (C=O) groups is 2. The van der Waals surface area contributed by atoms with Crippen molar-refractivity contribution in [3.63, 3.8) is 0 Å². The Morgan fingerprint density at radius 1 is 1.26 bits per heavy atom. The van der Waals surface area contributed by atoms with Crippen LogP contribution in [0.15, 0.2) is 30.3 Å². The van der Waals surface area contributed by atoms with Crippen LogP contribution in [-0.2, 0) is 9.53 Å². The van der Waals surface area contributed by atoms with E-state index in [2.05, 4.69) is 50.3 Å². The normalized spacial score (nSPS) is 17.3. The Bertz CT molecular complexity index is 758. The summed E-state index contributed by atoms with van der Waals surface area (Å²) in [7, 11) is 5.58. The fraction of sp³-hybridized carbons (Fsp3) is 0.600. The van der Waals surface area contributed by atoms with E-state index in [1.54, 1.807) is 6.07 Å². The zero-order chi connectivity index (χ0) is 22.8. The molecule has 0 aromatic heterocycles. The second-order valence-corrected chi connectivity index (χ2v) is 9.12. The number of esters is 1. The number of methoxy groups -OCH3 is 1. The summed E-state index contributed by atoms with van der Waals surface area (Å²) in [4.78, 5) is 26.3. The molecule has 6 heteroatoms. The van der Waals surface area contributed by atoms with Crippen LogP contribution in [0.5, 0.6) is 5.75 Å². The highest BCUT2D eigenvalue weighted by molar-refractivity contribution is 5.73. The molecule has 0 heterocycles. The van der Waals surface area contributed by atoms with Crippen molar-refractivity contribution < 1.29 is 19.1 Å². The van der Waals surface area contributed by atoms with Crippen LogP contribution in [0.25, 0.3) is 5.57 Å². The maximum atomic E-state index is 12.4. The summed E-state index contributed by atoms with van der Waals surface area (Å²) in [5.74, 6) is 1.19.